The summed E-state index contributed by atoms with van der Waals surface area (Å²) < 4.78 is 32.8. The highest BCUT2D eigenvalue weighted by atomic mass is 32.2. The Morgan fingerprint density at radius 3 is 2.64 bits per heavy atom. The topological polar surface area (TPSA) is 96.0 Å². The fourth-order valence-electron chi connectivity index (χ4n) is 3.19. The van der Waals surface area contributed by atoms with Gasteiger partial charge in [0, 0.05) is 26.2 Å². The number of benzene rings is 1. The van der Waals surface area contributed by atoms with E-state index in [2.05, 4.69) is 5.32 Å². The van der Waals surface area contributed by atoms with Crippen molar-refractivity contribution in [1.82, 2.24) is 9.21 Å². The first-order chi connectivity index (χ1) is 13.4. The highest BCUT2D eigenvalue weighted by Gasteiger charge is 2.32. The number of hydrogen-bond acceptors (Lipinski definition) is 6. The van der Waals surface area contributed by atoms with Gasteiger partial charge in [0.25, 0.3) is 11.8 Å². The van der Waals surface area contributed by atoms with Crippen LogP contribution in [-0.2, 0) is 14.8 Å². The van der Waals surface area contributed by atoms with E-state index in [9.17, 15) is 18.0 Å². The number of piperazine rings is 1. The summed E-state index contributed by atoms with van der Waals surface area (Å²) in [6, 6.07) is 8.02. The van der Waals surface area contributed by atoms with Gasteiger partial charge in [-0.2, -0.15) is 4.31 Å². The molecule has 4 rings (SSSR count). The fraction of sp³-hybridized carbons (Fsp3) is 0.333. The van der Waals surface area contributed by atoms with Gasteiger partial charge >= 0.3 is 0 Å². The molecule has 1 saturated heterocycles. The maximum Gasteiger partial charge on any atom is 0.265 e. The molecule has 3 heterocycles. The molecule has 1 fully saturated rings. The van der Waals surface area contributed by atoms with E-state index >= 15 is 0 Å². The molecule has 1 unspecified atom stereocenters. The van der Waals surface area contributed by atoms with Gasteiger partial charge in [0.2, 0.25) is 10.0 Å². The van der Waals surface area contributed by atoms with Crippen molar-refractivity contribution in [3.8, 4) is 5.75 Å². The van der Waals surface area contributed by atoms with Gasteiger partial charge in [0.05, 0.1) is 15.5 Å². The van der Waals surface area contributed by atoms with E-state index < -0.39 is 16.1 Å². The molecular weight excluding hydrogens is 402 g/mol. The Morgan fingerprint density at radius 2 is 1.96 bits per heavy atom. The van der Waals surface area contributed by atoms with Crippen molar-refractivity contribution in [3.05, 3.63) is 40.6 Å². The van der Waals surface area contributed by atoms with E-state index in [4.69, 9.17) is 4.74 Å². The minimum absolute atomic E-state index is 0.0743. The number of rotatable bonds is 3. The summed E-state index contributed by atoms with van der Waals surface area (Å²) in [6.07, 6.45) is -0.621. The standard InChI is InChI=1S/C18H19N3O5S2/c1-12-17(22)19-14-11-13(4-5-15(14)26-12)28(24,25)21-8-6-20(7-9-21)18(23)16-3-2-10-27-16/h2-5,10-12H,6-9H2,1H3,(H,19,22). The van der Waals surface area contributed by atoms with Gasteiger partial charge in [-0.15, -0.1) is 11.3 Å². The Hall–Kier alpha value is -2.43. The van der Waals surface area contributed by atoms with Crippen LogP contribution in [0.25, 0.3) is 0 Å². The number of ether oxygens (including phenoxy) is 1. The highest BCUT2D eigenvalue weighted by Crippen LogP contribution is 2.33. The summed E-state index contributed by atoms with van der Waals surface area (Å²) >= 11 is 1.37. The summed E-state index contributed by atoms with van der Waals surface area (Å²) in [6.45, 7) is 2.73. The van der Waals surface area contributed by atoms with Crippen molar-refractivity contribution in [2.45, 2.75) is 17.9 Å². The van der Waals surface area contributed by atoms with Crippen LogP contribution in [0, 0.1) is 0 Å². The second kappa shape index (κ2) is 7.19. The van der Waals surface area contributed by atoms with Crippen LogP contribution in [0.5, 0.6) is 5.75 Å². The van der Waals surface area contributed by atoms with Crippen LogP contribution in [0.1, 0.15) is 16.6 Å². The number of thiophene rings is 1. The van der Waals surface area contributed by atoms with E-state index in [0.717, 1.165) is 0 Å². The smallest absolute Gasteiger partial charge is 0.265 e. The lowest BCUT2D eigenvalue weighted by atomic mass is 10.2. The molecule has 10 heteroatoms. The third-order valence-corrected chi connectivity index (χ3v) is 7.53. The summed E-state index contributed by atoms with van der Waals surface area (Å²) in [7, 11) is -3.74. The molecule has 0 aliphatic carbocycles. The lowest BCUT2D eigenvalue weighted by molar-refractivity contribution is -0.122. The molecule has 0 spiro atoms. The number of fused-ring (bicyclic) bond motifs is 1. The summed E-state index contributed by atoms with van der Waals surface area (Å²) in [5.41, 5.74) is 0.343. The minimum Gasteiger partial charge on any atom is -0.479 e. The second-order valence-electron chi connectivity index (χ2n) is 6.58. The number of nitrogens with one attached hydrogen (secondary N) is 1. The van der Waals surface area contributed by atoms with Crippen LogP contribution < -0.4 is 10.1 Å². The molecule has 0 saturated carbocycles. The number of anilines is 1. The van der Waals surface area contributed by atoms with Crippen LogP contribution in [-0.4, -0.2) is 61.7 Å². The lowest BCUT2D eigenvalue weighted by Gasteiger charge is -2.34. The van der Waals surface area contributed by atoms with Gasteiger partial charge < -0.3 is 15.0 Å². The Labute approximate surface area is 166 Å². The van der Waals surface area contributed by atoms with Gasteiger partial charge in [0.1, 0.15) is 5.75 Å². The summed E-state index contributed by atoms with van der Waals surface area (Å²) in [5, 5.41) is 4.50. The predicted molar refractivity (Wildman–Crippen MR) is 104 cm³/mol. The molecule has 2 aromatic rings. The zero-order valence-electron chi connectivity index (χ0n) is 15.1. The molecule has 2 aliphatic heterocycles. The number of carbonyl (C=O) groups excluding carboxylic acids is 2. The first-order valence-electron chi connectivity index (χ1n) is 8.81. The maximum absolute atomic E-state index is 13.0. The van der Waals surface area contributed by atoms with E-state index in [1.807, 2.05) is 11.4 Å². The molecule has 1 aromatic heterocycles. The van der Waals surface area contributed by atoms with Gasteiger partial charge in [-0.25, -0.2) is 8.42 Å². The van der Waals surface area contributed by atoms with Crippen molar-refractivity contribution in [3.63, 3.8) is 0 Å². The number of hydrogen-bond donors (Lipinski definition) is 1. The van der Waals surface area contributed by atoms with Crippen LogP contribution >= 0.6 is 11.3 Å². The Bertz CT molecular complexity index is 1010. The molecule has 28 heavy (non-hydrogen) atoms. The first kappa shape index (κ1) is 18.9. The third kappa shape index (κ3) is 3.38. The van der Waals surface area contributed by atoms with Gasteiger partial charge in [-0.1, -0.05) is 6.07 Å². The van der Waals surface area contributed by atoms with Gasteiger partial charge in [-0.3, -0.25) is 9.59 Å². The van der Waals surface area contributed by atoms with Crippen LogP contribution in [0.3, 0.4) is 0 Å². The van der Waals surface area contributed by atoms with E-state index in [1.165, 1.54) is 27.8 Å². The molecule has 8 nitrogen and oxygen atoms in total. The Morgan fingerprint density at radius 1 is 1.21 bits per heavy atom. The lowest BCUT2D eigenvalue weighted by Crippen LogP contribution is -2.50. The predicted octanol–water partition coefficient (Wildman–Crippen LogP) is 1.61. The van der Waals surface area contributed by atoms with Crippen molar-refractivity contribution in [1.29, 1.82) is 0 Å². The molecule has 148 valence electrons. The van der Waals surface area contributed by atoms with Crippen LogP contribution in [0.2, 0.25) is 0 Å². The molecule has 2 amide bonds. The monoisotopic (exact) mass is 421 g/mol. The van der Waals surface area contributed by atoms with Crippen LogP contribution in [0.15, 0.2) is 40.6 Å². The van der Waals surface area contributed by atoms with E-state index in [1.54, 1.807) is 24.0 Å². The minimum atomic E-state index is -3.74. The van der Waals surface area contributed by atoms with Crippen molar-refractivity contribution >= 4 is 38.9 Å². The zero-order valence-corrected chi connectivity index (χ0v) is 16.8. The Balaban J connectivity index is 1.48. The van der Waals surface area contributed by atoms with Crippen LogP contribution in [0.4, 0.5) is 5.69 Å². The van der Waals surface area contributed by atoms with Crippen molar-refractivity contribution in [2.24, 2.45) is 0 Å². The van der Waals surface area contributed by atoms with Crippen molar-refractivity contribution < 1.29 is 22.7 Å². The quantitative estimate of drug-likeness (QED) is 0.812. The largest absolute Gasteiger partial charge is 0.479 e. The normalized spacial score (nSPS) is 20.2. The van der Waals surface area contributed by atoms with Crippen molar-refractivity contribution in [2.75, 3.05) is 31.5 Å². The SMILES string of the molecule is CC1Oc2ccc(S(=O)(=O)N3CCN(C(=O)c4cccs4)CC3)cc2NC1=O. The molecule has 0 bridgehead atoms. The zero-order chi connectivity index (χ0) is 19.9. The average molecular weight is 422 g/mol. The highest BCUT2D eigenvalue weighted by molar-refractivity contribution is 7.89. The molecule has 2 aliphatic rings. The van der Waals surface area contributed by atoms with E-state index in [-0.39, 0.29) is 29.8 Å². The van der Waals surface area contributed by atoms with Gasteiger partial charge in [0.15, 0.2) is 6.10 Å². The number of carbonyl (C=O) groups is 2. The van der Waals surface area contributed by atoms with E-state index in [0.29, 0.717) is 29.4 Å². The van der Waals surface area contributed by atoms with Gasteiger partial charge in [-0.05, 0) is 36.6 Å². The maximum atomic E-state index is 13.0. The molecule has 1 N–H and O–H groups in total. The number of nitrogens with zero attached hydrogens (tertiary/aromatic N) is 2. The summed E-state index contributed by atoms with van der Waals surface area (Å²) in [4.78, 5) is 26.6. The third-order valence-electron chi connectivity index (χ3n) is 4.78. The molecule has 1 atom stereocenters. The number of sulfonamides is 1. The fourth-order valence-corrected chi connectivity index (χ4v) is 5.32. The first-order valence-corrected chi connectivity index (χ1v) is 11.1. The molecule has 1 aromatic carbocycles. The molecule has 0 radical (unpaired) electrons. The molecular formula is C18H19N3O5S2. The summed E-state index contributed by atoms with van der Waals surface area (Å²) in [5.74, 6) is 0.0509. The second-order valence-corrected chi connectivity index (χ2v) is 9.47. The Kier molecular flexibility index (Phi) is 4.86. The number of amides is 2. The average Bonchev–Trinajstić information content (AvgIpc) is 3.23.